The molecule has 33 heavy (non-hydrogen) atoms. The summed E-state index contributed by atoms with van der Waals surface area (Å²) in [4.78, 5) is 38.2. The van der Waals surface area contributed by atoms with Crippen molar-refractivity contribution in [1.82, 2.24) is 0 Å². The molecule has 0 aliphatic rings. The van der Waals surface area contributed by atoms with E-state index < -0.39 is 17.5 Å². The predicted molar refractivity (Wildman–Crippen MR) is 126 cm³/mol. The fourth-order valence-electron chi connectivity index (χ4n) is 3.53. The highest BCUT2D eigenvalue weighted by Gasteiger charge is 2.37. The van der Waals surface area contributed by atoms with Gasteiger partial charge < -0.3 is 15.2 Å². The van der Waals surface area contributed by atoms with E-state index in [4.69, 9.17) is 4.74 Å². The first-order valence-corrected chi connectivity index (χ1v) is 10.8. The lowest BCUT2D eigenvalue weighted by atomic mass is 9.88. The number of ketones is 1. The van der Waals surface area contributed by atoms with Crippen LogP contribution in [-0.2, 0) is 20.7 Å². The van der Waals surface area contributed by atoms with Gasteiger partial charge >= 0.3 is 5.97 Å². The second kappa shape index (κ2) is 11.2. The lowest BCUT2D eigenvalue weighted by Gasteiger charge is -2.27. The third-order valence-electron chi connectivity index (χ3n) is 5.27. The highest BCUT2D eigenvalue weighted by Crippen LogP contribution is 2.25. The maximum atomic E-state index is 13.3. The van der Waals surface area contributed by atoms with E-state index in [1.165, 1.54) is 0 Å². The van der Waals surface area contributed by atoms with Crippen LogP contribution in [0.4, 0.5) is 5.69 Å². The monoisotopic (exact) mass is 445 g/mol. The Morgan fingerprint density at radius 3 is 2.15 bits per heavy atom. The van der Waals surface area contributed by atoms with Gasteiger partial charge in [0.25, 0.3) is 5.91 Å². The number of hydrogen-bond donors (Lipinski definition) is 2. The fraction of sp³-hybridized carbons (Fsp3) is 0.222. The molecule has 0 heterocycles. The molecule has 0 aliphatic heterocycles. The summed E-state index contributed by atoms with van der Waals surface area (Å²) >= 11 is 0. The number of ether oxygens (including phenoxy) is 1. The van der Waals surface area contributed by atoms with Crippen molar-refractivity contribution in [3.8, 4) is 0 Å². The van der Waals surface area contributed by atoms with Gasteiger partial charge in [-0.15, -0.1) is 0 Å². The van der Waals surface area contributed by atoms with Crippen molar-refractivity contribution in [1.29, 1.82) is 0 Å². The van der Waals surface area contributed by atoms with Gasteiger partial charge in [-0.3, -0.25) is 14.4 Å². The van der Waals surface area contributed by atoms with E-state index >= 15 is 0 Å². The Hall–Kier alpha value is -3.77. The molecule has 3 aromatic rings. The average Bonchev–Trinajstić information content (AvgIpc) is 2.84. The normalized spacial score (nSPS) is 12.4. The Balaban J connectivity index is 1.86. The molecular formula is C27H27NO5. The number of carbonyl (C=O) groups excluding carboxylic acids is 3. The summed E-state index contributed by atoms with van der Waals surface area (Å²) in [6.45, 7) is 1.92. The highest BCUT2D eigenvalue weighted by molar-refractivity contribution is 6.14. The van der Waals surface area contributed by atoms with Crippen LogP contribution in [-0.4, -0.2) is 35.0 Å². The maximum absolute atomic E-state index is 13.3. The van der Waals surface area contributed by atoms with Crippen LogP contribution in [0.1, 0.15) is 41.3 Å². The number of benzene rings is 3. The van der Waals surface area contributed by atoms with E-state index in [0.717, 1.165) is 5.56 Å². The molecule has 1 unspecified atom stereocenters. The third kappa shape index (κ3) is 6.37. The van der Waals surface area contributed by atoms with Crippen molar-refractivity contribution < 1.29 is 24.2 Å². The lowest BCUT2D eigenvalue weighted by Crippen LogP contribution is -2.45. The van der Waals surface area contributed by atoms with Crippen LogP contribution in [0.5, 0.6) is 0 Å². The van der Waals surface area contributed by atoms with Gasteiger partial charge in [-0.25, -0.2) is 0 Å². The van der Waals surface area contributed by atoms with E-state index in [1.54, 1.807) is 67.6 Å². The topological polar surface area (TPSA) is 92.7 Å². The minimum atomic E-state index is -1.88. The largest absolute Gasteiger partial charge is 0.466 e. The average molecular weight is 446 g/mol. The molecule has 6 heteroatoms. The van der Waals surface area contributed by atoms with Gasteiger partial charge in [-0.05, 0) is 31.0 Å². The number of hydrogen-bond acceptors (Lipinski definition) is 5. The Morgan fingerprint density at radius 2 is 1.48 bits per heavy atom. The highest BCUT2D eigenvalue weighted by atomic mass is 16.5. The van der Waals surface area contributed by atoms with Crippen molar-refractivity contribution in [3.05, 3.63) is 102 Å². The van der Waals surface area contributed by atoms with Gasteiger partial charge in [0.1, 0.15) is 5.60 Å². The second-order valence-electron chi connectivity index (χ2n) is 7.69. The number of rotatable bonds is 10. The number of para-hydroxylation sites is 1. The first-order valence-electron chi connectivity index (χ1n) is 10.8. The Bertz CT molecular complexity index is 1100. The molecule has 2 N–H and O–H groups in total. The molecule has 3 aromatic carbocycles. The van der Waals surface area contributed by atoms with Crippen molar-refractivity contribution in [2.45, 2.75) is 31.8 Å². The number of amides is 1. The van der Waals surface area contributed by atoms with Crippen LogP contribution in [0.2, 0.25) is 0 Å². The van der Waals surface area contributed by atoms with E-state index in [1.807, 2.05) is 24.3 Å². The van der Waals surface area contributed by atoms with Crippen LogP contribution in [0.3, 0.4) is 0 Å². The molecule has 0 saturated carbocycles. The standard InChI is InChI=1S/C27H27NO5/c1-2-33-24(29)17-18-27(32,19-20-11-5-3-6-12-20)26(31)28-23-16-10-9-15-22(23)25(30)21-13-7-4-8-14-21/h3-16,32H,2,17-19H2,1H3,(H,28,31). The van der Waals surface area contributed by atoms with Crippen molar-refractivity contribution >= 4 is 23.3 Å². The summed E-state index contributed by atoms with van der Waals surface area (Å²) in [6.07, 6.45) is -0.232. The molecule has 170 valence electrons. The van der Waals surface area contributed by atoms with Crippen molar-refractivity contribution in [2.75, 3.05) is 11.9 Å². The predicted octanol–water partition coefficient (Wildman–Crippen LogP) is 4.17. The minimum Gasteiger partial charge on any atom is -0.466 e. The smallest absolute Gasteiger partial charge is 0.305 e. The Kier molecular flexibility index (Phi) is 8.11. The molecule has 0 spiro atoms. The molecule has 0 fully saturated rings. The minimum absolute atomic E-state index is 0.00781. The van der Waals surface area contributed by atoms with Crippen LogP contribution in [0.25, 0.3) is 0 Å². The van der Waals surface area contributed by atoms with Crippen LogP contribution >= 0.6 is 0 Å². The summed E-state index contributed by atoms with van der Waals surface area (Å²) in [5.41, 5.74) is -0.0472. The first-order chi connectivity index (χ1) is 15.9. The molecule has 0 aliphatic carbocycles. The Morgan fingerprint density at radius 1 is 0.879 bits per heavy atom. The van der Waals surface area contributed by atoms with Crippen molar-refractivity contribution in [3.63, 3.8) is 0 Å². The van der Waals surface area contributed by atoms with Gasteiger partial charge in [0.15, 0.2) is 5.78 Å². The van der Waals surface area contributed by atoms with E-state index in [-0.39, 0.29) is 31.7 Å². The summed E-state index contributed by atoms with van der Waals surface area (Å²) in [7, 11) is 0. The van der Waals surface area contributed by atoms with Gasteiger partial charge in [0.2, 0.25) is 0 Å². The first kappa shape index (κ1) is 23.9. The molecular weight excluding hydrogens is 418 g/mol. The second-order valence-corrected chi connectivity index (χ2v) is 7.69. The molecule has 3 rings (SSSR count). The van der Waals surface area contributed by atoms with E-state index in [2.05, 4.69) is 5.32 Å². The zero-order chi connectivity index (χ0) is 23.7. The fourth-order valence-corrected chi connectivity index (χ4v) is 3.53. The lowest BCUT2D eigenvalue weighted by molar-refractivity contribution is -0.146. The summed E-state index contributed by atoms with van der Waals surface area (Å²) in [5, 5.41) is 14.1. The van der Waals surface area contributed by atoms with Crippen LogP contribution < -0.4 is 5.32 Å². The molecule has 0 bridgehead atoms. The number of carbonyl (C=O) groups is 3. The number of nitrogens with one attached hydrogen (secondary N) is 1. The summed E-state index contributed by atoms with van der Waals surface area (Å²) in [6, 6.07) is 24.5. The molecule has 0 aromatic heterocycles. The van der Waals surface area contributed by atoms with Crippen LogP contribution in [0, 0.1) is 0 Å². The van der Waals surface area contributed by atoms with Crippen molar-refractivity contribution in [2.24, 2.45) is 0 Å². The number of anilines is 1. The maximum Gasteiger partial charge on any atom is 0.305 e. The zero-order valence-electron chi connectivity index (χ0n) is 18.5. The Labute approximate surface area is 193 Å². The molecule has 0 saturated heterocycles. The molecule has 1 atom stereocenters. The molecule has 0 radical (unpaired) electrons. The van der Waals surface area contributed by atoms with Gasteiger partial charge in [-0.2, -0.15) is 0 Å². The summed E-state index contributed by atoms with van der Waals surface area (Å²) in [5.74, 6) is -1.43. The van der Waals surface area contributed by atoms with Gasteiger partial charge in [0.05, 0.1) is 12.3 Å². The third-order valence-corrected chi connectivity index (χ3v) is 5.27. The summed E-state index contributed by atoms with van der Waals surface area (Å²) < 4.78 is 4.96. The quantitative estimate of drug-likeness (QED) is 0.361. The number of esters is 1. The SMILES string of the molecule is CCOC(=O)CCC(O)(Cc1ccccc1)C(=O)Nc1ccccc1C(=O)c1ccccc1. The van der Waals surface area contributed by atoms with Gasteiger partial charge in [0, 0.05) is 24.0 Å². The van der Waals surface area contributed by atoms with Gasteiger partial charge in [-0.1, -0.05) is 72.8 Å². The van der Waals surface area contributed by atoms with E-state index in [0.29, 0.717) is 16.8 Å². The zero-order valence-corrected chi connectivity index (χ0v) is 18.5. The molecule has 1 amide bonds. The van der Waals surface area contributed by atoms with E-state index in [9.17, 15) is 19.5 Å². The van der Waals surface area contributed by atoms with Crippen LogP contribution in [0.15, 0.2) is 84.9 Å². The molecule has 6 nitrogen and oxygen atoms in total. The number of aliphatic hydroxyl groups is 1.